The monoisotopic (exact) mass is 570 g/mol. The number of nitrogens with one attached hydrogen (secondary N) is 2. The molecule has 9 nitrogen and oxygen atoms in total. The van der Waals surface area contributed by atoms with Gasteiger partial charge in [0.15, 0.2) is 0 Å². The van der Waals surface area contributed by atoms with E-state index in [1.807, 2.05) is 24.3 Å². The van der Waals surface area contributed by atoms with Crippen molar-refractivity contribution in [1.82, 2.24) is 5.32 Å². The Labute approximate surface area is 217 Å². The van der Waals surface area contributed by atoms with E-state index in [1.165, 1.54) is 34.7 Å². The Morgan fingerprint density at radius 3 is 1.89 bits per heavy atom. The molecule has 1 saturated heterocycles. The molecule has 2 aliphatic carbocycles. The van der Waals surface area contributed by atoms with Gasteiger partial charge in [-0.2, -0.15) is 8.42 Å². The topological polar surface area (TPSA) is 119 Å². The molecule has 0 atom stereocenters. The second kappa shape index (κ2) is 11.4. The van der Waals surface area contributed by atoms with Gasteiger partial charge in [0.05, 0.1) is 21.8 Å². The zero-order chi connectivity index (χ0) is 25.7. The van der Waals surface area contributed by atoms with Crippen molar-refractivity contribution in [2.24, 2.45) is 0 Å². The van der Waals surface area contributed by atoms with Crippen molar-refractivity contribution in [2.75, 3.05) is 40.3 Å². The van der Waals surface area contributed by atoms with Crippen molar-refractivity contribution in [2.45, 2.75) is 0 Å². The molecular formula is C25H23BrN4O5S. The lowest BCUT2D eigenvalue weighted by Crippen LogP contribution is -2.43. The zero-order valence-electron chi connectivity index (χ0n) is 19.0. The molecule has 0 bridgehead atoms. The number of rotatable bonds is 4. The van der Waals surface area contributed by atoms with Crippen LogP contribution in [0.1, 0.15) is 10.4 Å². The molecule has 0 unspecified atom stereocenters. The highest BCUT2D eigenvalue weighted by molar-refractivity contribution is 9.10. The smallest absolute Gasteiger partial charge is 0.369 e. The molecule has 1 aliphatic heterocycles. The average Bonchev–Trinajstić information content (AvgIpc) is 2.87. The second-order valence-electron chi connectivity index (χ2n) is 7.99. The Bertz CT molecular complexity index is 1440. The Balaban J connectivity index is 0.000000434. The third kappa shape index (κ3) is 5.93. The maximum absolute atomic E-state index is 12.5. The summed E-state index contributed by atoms with van der Waals surface area (Å²) in [5.74, 6) is -1.95. The molecule has 0 aromatic heterocycles. The number of piperazine rings is 1. The summed E-state index contributed by atoms with van der Waals surface area (Å²) in [7, 11) is -2.95. The summed E-state index contributed by atoms with van der Waals surface area (Å²) in [6.45, 7) is 3.75. The van der Waals surface area contributed by atoms with Crippen LogP contribution in [-0.2, 0) is 15.1 Å². The number of hydrogen-bond donors (Lipinski definition) is 3. The number of hydrogen-bond acceptors (Lipinski definition) is 6. The largest absolute Gasteiger partial charge is 0.476 e. The number of carbonyl (C=O) groups excluding carboxylic acids is 1. The summed E-state index contributed by atoms with van der Waals surface area (Å²) in [6.07, 6.45) is 0. The molecule has 11 heteroatoms. The Morgan fingerprint density at radius 2 is 1.44 bits per heavy atom. The normalized spacial score (nSPS) is 13.1. The van der Waals surface area contributed by atoms with Crippen LogP contribution in [0.25, 0.3) is 0 Å². The number of carbonyl (C=O) groups is 2. The summed E-state index contributed by atoms with van der Waals surface area (Å²) < 4.78 is 23.0. The van der Waals surface area contributed by atoms with Gasteiger partial charge in [-0.1, -0.05) is 24.3 Å². The van der Waals surface area contributed by atoms with E-state index in [2.05, 4.69) is 55.9 Å². The quantitative estimate of drug-likeness (QED) is 0.253. The van der Waals surface area contributed by atoms with Gasteiger partial charge >= 0.3 is 5.97 Å². The van der Waals surface area contributed by atoms with E-state index in [4.69, 9.17) is 5.11 Å². The van der Waals surface area contributed by atoms with E-state index in [0.29, 0.717) is 11.3 Å². The summed E-state index contributed by atoms with van der Waals surface area (Å²) >= 11 is 2.92. The first-order valence-electron chi connectivity index (χ1n) is 11.1. The van der Waals surface area contributed by atoms with E-state index < -0.39 is 21.3 Å². The molecule has 186 valence electrons. The Hall–Kier alpha value is -3.67. The molecule has 0 spiro atoms. The van der Waals surface area contributed by atoms with Gasteiger partial charge in [-0.15, -0.1) is 0 Å². The van der Waals surface area contributed by atoms with Gasteiger partial charge in [-0.3, -0.25) is 8.72 Å². The summed E-state index contributed by atoms with van der Waals surface area (Å²) in [5.41, 5.74) is 2.32. The van der Waals surface area contributed by atoms with E-state index in [-0.39, 0.29) is 11.6 Å². The van der Waals surface area contributed by atoms with E-state index >= 15 is 0 Å². The van der Waals surface area contributed by atoms with Gasteiger partial charge < -0.3 is 20.6 Å². The van der Waals surface area contributed by atoms with Crippen molar-refractivity contribution < 1.29 is 23.1 Å². The minimum Gasteiger partial charge on any atom is -0.476 e. The van der Waals surface area contributed by atoms with Gasteiger partial charge in [0.25, 0.3) is 10.9 Å². The number of anilines is 3. The van der Waals surface area contributed by atoms with Crippen LogP contribution in [0.3, 0.4) is 0 Å². The van der Waals surface area contributed by atoms with Crippen molar-refractivity contribution in [3.63, 3.8) is 0 Å². The van der Waals surface area contributed by atoms with Crippen LogP contribution in [0.5, 0.6) is 0 Å². The van der Waals surface area contributed by atoms with Crippen LogP contribution < -0.4 is 19.5 Å². The number of benzene rings is 3. The number of halogens is 1. The standard InChI is InChI=1S/C19H19BrN4O5S.C6H4/c20-24(18(19(26)27)30(28)29)16-5-1-13(2-6-16)17(25)22-14-3-7-15(8-4-14)23-11-9-21-10-12-23;1-2-6-4-3-5(1)6/h1-8,21H,9-12H2,(H,22,25)(H,26,27);1-4H. The van der Waals surface area contributed by atoms with Crippen LogP contribution >= 0.6 is 16.1 Å². The van der Waals surface area contributed by atoms with Gasteiger partial charge in [0.2, 0.25) is 10.3 Å². The average molecular weight is 571 g/mol. The van der Waals surface area contributed by atoms with Crippen molar-refractivity contribution in [3.05, 3.63) is 88.8 Å². The maximum Gasteiger partial charge on any atom is 0.369 e. The predicted octanol–water partition coefficient (Wildman–Crippen LogP) is 2.85. The molecule has 5 rings (SSSR count). The lowest BCUT2D eigenvalue weighted by Gasteiger charge is -2.29. The van der Waals surface area contributed by atoms with Crippen LogP contribution in [0.2, 0.25) is 0 Å². The van der Waals surface area contributed by atoms with Crippen LogP contribution in [0, 0.1) is 10.4 Å². The number of nitrogens with zero attached hydrogens (tertiary/aromatic N) is 2. The van der Waals surface area contributed by atoms with E-state index in [9.17, 15) is 18.0 Å². The Kier molecular flexibility index (Phi) is 8.04. The van der Waals surface area contributed by atoms with E-state index in [0.717, 1.165) is 35.8 Å². The fraction of sp³-hybridized carbons (Fsp3) is 0.160. The van der Waals surface area contributed by atoms with E-state index in [1.54, 1.807) is 0 Å². The lowest BCUT2D eigenvalue weighted by atomic mass is 10.1. The lowest BCUT2D eigenvalue weighted by molar-refractivity contribution is -0.129. The highest BCUT2D eigenvalue weighted by Gasteiger charge is 2.21. The SMILES string of the molecule is O=C(O)C(N(Br)c1ccc(C(=O)Nc2ccc(N3CCNCC3)cc2)cc1)=S(=O)=O.c1cc2ccc1=2. The van der Waals surface area contributed by atoms with Crippen LogP contribution in [0.15, 0.2) is 72.8 Å². The number of amides is 1. The van der Waals surface area contributed by atoms with Gasteiger partial charge in [-0.25, -0.2) is 4.79 Å². The molecule has 2 aromatic carbocycles. The number of carboxylic acid groups (broad SMARTS) is 1. The van der Waals surface area contributed by atoms with Gasteiger partial charge in [0.1, 0.15) is 0 Å². The molecule has 3 N–H and O–H groups in total. The first-order valence-corrected chi connectivity index (χ1v) is 12.8. The minimum absolute atomic E-state index is 0.244. The molecule has 36 heavy (non-hydrogen) atoms. The first kappa shape index (κ1) is 25.4. The molecule has 1 fully saturated rings. The number of aliphatic carboxylic acids is 1. The maximum atomic E-state index is 12.5. The first-order chi connectivity index (χ1) is 17.3. The highest BCUT2D eigenvalue weighted by atomic mass is 79.9. The molecule has 3 aliphatic rings. The fourth-order valence-electron chi connectivity index (χ4n) is 3.63. The van der Waals surface area contributed by atoms with Crippen LogP contribution in [-0.4, -0.2) is 56.6 Å². The molecule has 0 saturated carbocycles. The molecule has 1 heterocycles. The predicted molar refractivity (Wildman–Crippen MR) is 143 cm³/mol. The Morgan fingerprint density at radius 1 is 0.889 bits per heavy atom. The van der Waals surface area contributed by atoms with Crippen LogP contribution in [0.4, 0.5) is 17.1 Å². The highest BCUT2D eigenvalue weighted by Crippen LogP contribution is 2.21. The fourth-order valence-corrected chi connectivity index (χ4v) is 4.75. The molecule has 2 aromatic rings. The molecule has 1 amide bonds. The summed E-state index contributed by atoms with van der Waals surface area (Å²) in [4.78, 5) is 25.0. The summed E-state index contributed by atoms with van der Waals surface area (Å²) in [5, 5.41) is 18.0. The number of carboxylic acids is 1. The molecule has 0 radical (unpaired) electrons. The third-order valence-corrected chi connectivity index (χ3v) is 7.37. The van der Waals surface area contributed by atoms with Crippen molar-refractivity contribution in [3.8, 4) is 0 Å². The minimum atomic E-state index is -2.95. The third-order valence-electron chi connectivity index (χ3n) is 5.70. The van der Waals surface area contributed by atoms with Gasteiger partial charge in [0, 0.05) is 43.1 Å². The molecular weight excluding hydrogens is 548 g/mol. The second-order valence-corrected chi connectivity index (χ2v) is 9.55. The van der Waals surface area contributed by atoms with Crippen molar-refractivity contribution >= 4 is 60.4 Å². The zero-order valence-corrected chi connectivity index (χ0v) is 21.4. The van der Waals surface area contributed by atoms with Gasteiger partial charge in [-0.05, 0) is 59.0 Å². The van der Waals surface area contributed by atoms with Crippen molar-refractivity contribution in [1.29, 1.82) is 0 Å². The summed E-state index contributed by atoms with van der Waals surface area (Å²) in [6, 6.07) is 21.9.